The van der Waals surface area contributed by atoms with E-state index < -0.39 is 30.0 Å². The molecule has 90 valence electrons. The zero-order valence-electron chi connectivity index (χ0n) is 6.69. The van der Waals surface area contributed by atoms with E-state index in [4.69, 9.17) is 0 Å². The minimum absolute atomic E-state index is 1.11. The lowest BCUT2D eigenvalue weighted by atomic mass is 9.96. The quantitative estimate of drug-likeness (QED) is 0.515. The summed E-state index contributed by atoms with van der Waals surface area (Å²) in [7, 11) is 0. The van der Waals surface area contributed by atoms with E-state index in [1.165, 1.54) is 0 Å². The van der Waals surface area contributed by atoms with E-state index in [-0.39, 0.29) is 0 Å². The van der Waals surface area contributed by atoms with Gasteiger partial charge in [-0.2, -0.15) is 35.1 Å². The Balaban J connectivity index is 5.61. The van der Waals surface area contributed by atoms with Crippen molar-refractivity contribution in [2.45, 2.75) is 23.9 Å². The molecule has 0 aliphatic heterocycles. The molecular weight excluding hydrogens is 243 g/mol. The van der Waals surface area contributed by atoms with Crippen LogP contribution in [0.3, 0.4) is 0 Å². The van der Waals surface area contributed by atoms with E-state index in [0.29, 0.717) is 0 Å². The van der Waals surface area contributed by atoms with Crippen molar-refractivity contribution in [3.63, 3.8) is 0 Å². The lowest BCUT2D eigenvalue weighted by Gasteiger charge is -2.33. The summed E-state index contributed by atoms with van der Waals surface area (Å²) in [5, 5.41) is 0. The van der Waals surface area contributed by atoms with E-state index in [2.05, 4.69) is 0 Å². The highest BCUT2D eigenvalue weighted by atomic mass is 19.4. The lowest BCUT2D eigenvalue weighted by Crippen LogP contribution is -2.60. The van der Waals surface area contributed by atoms with Crippen molar-refractivity contribution in [3.05, 3.63) is 12.7 Å². The van der Waals surface area contributed by atoms with Crippen LogP contribution in [0.4, 0.5) is 39.5 Å². The number of halogens is 9. The number of hydrogen-bond donors (Lipinski definition) is 0. The molecule has 15 heavy (non-hydrogen) atoms. The van der Waals surface area contributed by atoms with Gasteiger partial charge in [0.1, 0.15) is 0 Å². The molecular formula is C6H3F9. The number of rotatable bonds is 2. The Morgan fingerprint density at radius 2 is 1.00 bits per heavy atom. The normalized spacial score (nSPS) is 18.5. The summed E-state index contributed by atoms with van der Waals surface area (Å²) in [6.07, 6.45) is -14.2. The molecule has 0 bridgehead atoms. The van der Waals surface area contributed by atoms with Crippen molar-refractivity contribution in [1.82, 2.24) is 0 Å². The maximum atomic E-state index is 12.6. The van der Waals surface area contributed by atoms with Gasteiger partial charge in [-0.3, -0.25) is 0 Å². The molecule has 0 nitrogen and oxygen atoms in total. The van der Waals surface area contributed by atoms with Gasteiger partial charge in [-0.15, -0.1) is 0 Å². The zero-order valence-corrected chi connectivity index (χ0v) is 6.69. The van der Waals surface area contributed by atoms with Crippen LogP contribution in [0.25, 0.3) is 0 Å². The van der Waals surface area contributed by atoms with E-state index in [0.717, 1.165) is 0 Å². The van der Waals surface area contributed by atoms with Crippen LogP contribution in [0.5, 0.6) is 0 Å². The first-order valence-corrected chi connectivity index (χ1v) is 3.15. The molecule has 0 rings (SSSR count). The molecule has 1 atom stereocenters. The fourth-order valence-corrected chi connectivity index (χ4v) is 0.628. The highest BCUT2D eigenvalue weighted by molar-refractivity contribution is 5.13. The van der Waals surface area contributed by atoms with E-state index in [9.17, 15) is 39.5 Å². The molecule has 0 radical (unpaired) electrons. The molecule has 0 spiro atoms. The minimum Gasteiger partial charge on any atom is -0.222 e. The molecule has 0 aliphatic carbocycles. The van der Waals surface area contributed by atoms with Crippen LogP contribution in [0.1, 0.15) is 0 Å². The maximum Gasteiger partial charge on any atom is 0.457 e. The van der Waals surface area contributed by atoms with Crippen molar-refractivity contribution < 1.29 is 39.5 Å². The molecule has 0 fully saturated rings. The molecule has 0 unspecified atom stereocenters. The van der Waals surface area contributed by atoms with Crippen LogP contribution in [-0.4, -0.2) is 23.9 Å². The minimum atomic E-state index is -6.66. The maximum absolute atomic E-state index is 12.6. The van der Waals surface area contributed by atoms with E-state index in [1.54, 1.807) is 0 Å². The third kappa shape index (κ3) is 1.91. The van der Waals surface area contributed by atoms with Gasteiger partial charge in [0.15, 0.2) is 0 Å². The smallest absolute Gasteiger partial charge is 0.222 e. The summed E-state index contributed by atoms with van der Waals surface area (Å²) in [5.41, 5.74) is -5.84. The largest absolute Gasteiger partial charge is 0.457 e. The molecule has 0 N–H and O–H groups in total. The van der Waals surface area contributed by atoms with E-state index in [1.807, 2.05) is 6.58 Å². The summed E-state index contributed by atoms with van der Waals surface area (Å²) in [5.74, 6) is -6.58. The van der Waals surface area contributed by atoms with Crippen molar-refractivity contribution in [1.29, 1.82) is 0 Å². The third-order valence-corrected chi connectivity index (χ3v) is 1.51. The van der Waals surface area contributed by atoms with Gasteiger partial charge in [-0.1, -0.05) is 6.58 Å². The van der Waals surface area contributed by atoms with Crippen LogP contribution in [-0.2, 0) is 0 Å². The van der Waals surface area contributed by atoms with Gasteiger partial charge in [0.25, 0.3) is 5.67 Å². The SMILES string of the molecule is C=C[C@@](F)(C(F)(F)F)C(F)(F)C(F)(F)F. The second kappa shape index (κ2) is 3.31. The molecule has 0 aromatic carbocycles. The topological polar surface area (TPSA) is 0 Å². The molecule has 0 aliphatic rings. The lowest BCUT2D eigenvalue weighted by molar-refractivity contribution is -0.369. The summed E-state index contributed by atoms with van der Waals surface area (Å²) >= 11 is 0. The predicted octanol–water partition coefficient (Wildman–Crippen LogP) is 3.64. The summed E-state index contributed by atoms with van der Waals surface area (Å²) in [4.78, 5) is 0. The Kier molecular flexibility index (Phi) is 3.11. The van der Waals surface area contributed by atoms with Crippen LogP contribution in [0.15, 0.2) is 12.7 Å². The van der Waals surface area contributed by atoms with Gasteiger partial charge in [-0.25, -0.2) is 4.39 Å². The van der Waals surface area contributed by atoms with Gasteiger partial charge in [0.05, 0.1) is 0 Å². The molecule has 0 aromatic heterocycles. The second-order valence-electron chi connectivity index (χ2n) is 2.49. The van der Waals surface area contributed by atoms with Gasteiger partial charge < -0.3 is 0 Å². The Morgan fingerprint density at radius 3 is 1.07 bits per heavy atom. The van der Waals surface area contributed by atoms with E-state index >= 15 is 0 Å². The summed E-state index contributed by atoms with van der Waals surface area (Å²) < 4.78 is 107. The Labute approximate surface area is 77.4 Å². The Morgan fingerprint density at radius 1 is 0.667 bits per heavy atom. The molecule has 9 heteroatoms. The highest BCUT2D eigenvalue weighted by Gasteiger charge is 2.79. The monoisotopic (exact) mass is 246 g/mol. The predicted molar refractivity (Wildman–Crippen MR) is 31.1 cm³/mol. The number of hydrogen-bond acceptors (Lipinski definition) is 0. The molecule has 0 aromatic rings. The Hall–Kier alpha value is -0.890. The number of alkyl halides is 9. The van der Waals surface area contributed by atoms with Crippen molar-refractivity contribution in [2.75, 3.05) is 0 Å². The van der Waals surface area contributed by atoms with Crippen LogP contribution in [0.2, 0.25) is 0 Å². The van der Waals surface area contributed by atoms with Crippen LogP contribution < -0.4 is 0 Å². The first kappa shape index (κ1) is 14.1. The first-order chi connectivity index (χ1) is 6.31. The van der Waals surface area contributed by atoms with Gasteiger partial charge in [0, 0.05) is 0 Å². The van der Waals surface area contributed by atoms with Crippen LogP contribution in [0, 0.1) is 0 Å². The molecule has 0 amide bonds. The van der Waals surface area contributed by atoms with Crippen molar-refractivity contribution in [2.24, 2.45) is 0 Å². The Bertz CT molecular complexity index is 246. The van der Waals surface area contributed by atoms with Gasteiger partial charge >= 0.3 is 18.3 Å². The second-order valence-corrected chi connectivity index (χ2v) is 2.49. The number of allylic oxidation sites excluding steroid dienone is 1. The summed E-state index contributed by atoms with van der Waals surface area (Å²) in [6, 6.07) is 0. The summed E-state index contributed by atoms with van der Waals surface area (Å²) in [6.45, 7) is 2.00. The third-order valence-electron chi connectivity index (χ3n) is 1.51. The van der Waals surface area contributed by atoms with Crippen molar-refractivity contribution in [3.8, 4) is 0 Å². The highest BCUT2D eigenvalue weighted by Crippen LogP contribution is 2.53. The van der Waals surface area contributed by atoms with Gasteiger partial charge in [-0.05, 0) is 6.08 Å². The average Bonchev–Trinajstić information content (AvgIpc) is 1.98. The zero-order chi connectivity index (χ0) is 12.7. The molecule has 0 heterocycles. The fraction of sp³-hybridized carbons (Fsp3) is 0.667. The average molecular weight is 246 g/mol. The molecule has 0 saturated heterocycles. The van der Waals surface area contributed by atoms with Gasteiger partial charge in [0.2, 0.25) is 0 Å². The van der Waals surface area contributed by atoms with Crippen LogP contribution >= 0.6 is 0 Å². The fourth-order valence-electron chi connectivity index (χ4n) is 0.628. The standard InChI is InChI=1S/C6H3F9/c1-2-3(7,5(10,11)12)4(8,9)6(13,14)15/h2H,1H2/t3-/m0/s1. The first-order valence-electron chi connectivity index (χ1n) is 3.15. The molecule has 0 saturated carbocycles. The van der Waals surface area contributed by atoms with Crippen molar-refractivity contribution >= 4 is 0 Å².